The quantitative estimate of drug-likeness (QED) is 0.485. The molecule has 1 aliphatic heterocycles. The average molecular weight is 373 g/mol. The number of halogens is 3. The zero-order valence-corrected chi connectivity index (χ0v) is 15.0. The first-order valence-corrected chi connectivity index (χ1v) is 9.19. The van der Waals surface area contributed by atoms with Crippen molar-refractivity contribution in [1.82, 2.24) is 0 Å². The number of hydrogen-bond acceptors (Lipinski definition) is 2. The number of anilines is 1. The van der Waals surface area contributed by atoms with Crippen LogP contribution >= 0.6 is 0 Å². The Kier molecular flexibility index (Phi) is 5.99. The monoisotopic (exact) mass is 373 g/mol. The molecule has 2 nitrogen and oxygen atoms in total. The summed E-state index contributed by atoms with van der Waals surface area (Å²) in [7, 11) is 0. The molecule has 0 aliphatic carbocycles. The molecule has 0 aromatic heterocycles. The highest BCUT2D eigenvalue weighted by Crippen LogP contribution is 2.32. The van der Waals surface area contributed by atoms with Gasteiger partial charge in [-0.2, -0.15) is 13.2 Å². The van der Waals surface area contributed by atoms with Gasteiger partial charge in [0.15, 0.2) is 5.78 Å². The van der Waals surface area contributed by atoms with Crippen molar-refractivity contribution < 1.29 is 18.0 Å². The Balaban J connectivity index is 1.72. The minimum absolute atomic E-state index is 0.0143. The lowest BCUT2D eigenvalue weighted by molar-refractivity contribution is -0.137. The van der Waals surface area contributed by atoms with Gasteiger partial charge in [-0.3, -0.25) is 4.79 Å². The van der Waals surface area contributed by atoms with Gasteiger partial charge >= 0.3 is 6.18 Å². The second kappa shape index (κ2) is 8.42. The zero-order valence-electron chi connectivity index (χ0n) is 15.0. The molecule has 0 radical (unpaired) electrons. The number of ketones is 1. The Morgan fingerprint density at radius 3 is 2.15 bits per heavy atom. The van der Waals surface area contributed by atoms with Crippen LogP contribution in [0.5, 0.6) is 0 Å². The number of alkyl halides is 3. The zero-order chi connectivity index (χ0) is 19.3. The molecule has 2 aromatic carbocycles. The van der Waals surface area contributed by atoms with Crippen LogP contribution in [0.2, 0.25) is 0 Å². The van der Waals surface area contributed by atoms with Crippen molar-refractivity contribution in [3.8, 4) is 0 Å². The molecule has 27 heavy (non-hydrogen) atoms. The summed E-state index contributed by atoms with van der Waals surface area (Å²) in [5.74, 6) is -0.311. The number of rotatable bonds is 4. The molecule has 1 fully saturated rings. The lowest BCUT2D eigenvalue weighted by Crippen LogP contribution is -2.23. The molecule has 1 saturated heterocycles. The molecule has 0 spiro atoms. The fourth-order valence-corrected chi connectivity index (χ4v) is 3.33. The van der Waals surface area contributed by atoms with Gasteiger partial charge in [0.05, 0.1) is 5.56 Å². The maximum Gasteiger partial charge on any atom is 0.416 e. The topological polar surface area (TPSA) is 20.3 Å². The number of carbonyl (C=O) groups excluding carboxylic acids is 1. The number of hydrogen-bond donors (Lipinski definition) is 0. The highest BCUT2D eigenvalue weighted by atomic mass is 19.4. The first-order valence-electron chi connectivity index (χ1n) is 9.19. The predicted octanol–water partition coefficient (Wildman–Crippen LogP) is 5.98. The van der Waals surface area contributed by atoms with Crippen LogP contribution < -0.4 is 4.90 Å². The molecule has 0 N–H and O–H groups in total. The summed E-state index contributed by atoms with van der Waals surface area (Å²) in [4.78, 5) is 14.7. The summed E-state index contributed by atoms with van der Waals surface area (Å²) in [5, 5.41) is 0. The van der Waals surface area contributed by atoms with E-state index in [2.05, 4.69) is 4.90 Å². The van der Waals surface area contributed by atoms with Crippen molar-refractivity contribution in [2.45, 2.75) is 31.9 Å². The van der Waals surface area contributed by atoms with Crippen molar-refractivity contribution in [2.75, 3.05) is 18.0 Å². The lowest BCUT2D eigenvalue weighted by Gasteiger charge is -2.22. The Hall–Kier alpha value is -2.56. The summed E-state index contributed by atoms with van der Waals surface area (Å²) < 4.78 is 39.1. The van der Waals surface area contributed by atoms with Gasteiger partial charge in [-0.25, -0.2) is 0 Å². The third-order valence-corrected chi connectivity index (χ3v) is 4.80. The van der Waals surface area contributed by atoms with Gasteiger partial charge < -0.3 is 4.90 Å². The third-order valence-electron chi connectivity index (χ3n) is 4.80. The summed E-state index contributed by atoms with van der Waals surface area (Å²) >= 11 is 0. The fraction of sp³-hybridized carbons (Fsp3) is 0.318. The molecular weight excluding hydrogens is 351 g/mol. The fourth-order valence-electron chi connectivity index (χ4n) is 3.33. The molecular formula is C22H22F3NO. The predicted molar refractivity (Wildman–Crippen MR) is 102 cm³/mol. The largest absolute Gasteiger partial charge is 0.416 e. The first-order chi connectivity index (χ1) is 12.9. The SMILES string of the molecule is O=C(/C=C/c1ccccc1C(F)(F)F)c1ccc(N2CCCCCC2)cc1. The van der Waals surface area contributed by atoms with E-state index in [1.165, 1.54) is 56.0 Å². The van der Waals surface area contributed by atoms with Gasteiger partial charge in [0.25, 0.3) is 0 Å². The van der Waals surface area contributed by atoms with Crippen molar-refractivity contribution in [3.05, 3.63) is 71.3 Å². The number of benzene rings is 2. The van der Waals surface area contributed by atoms with Gasteiger partial charge in [-0.05, 0) is 54.8 Å². The van der Waals surface area contributed by atoms with E-state index in [-0.39, 0.29) is 11.3 Å². The van der Waals surface area contributed by atoms with Crippen LogP contribution in [0.15, 0.2) is 54.6 Å². The minimum atomic E-state index is -4.45. The van der Waals surface area contributed by atoms with Crippen LogP contribution in [0.1, 0.15) is 47.2 Å². The smallest absolute Gasteiger partial charge is 0.372 e. The Morgan fingerprint density at radius 2 is 1.52 bits per heavy atom. The van der Waals surface area contributed by atoms with Crippen LogP contribution in [-0.2, 0) is 6.18 Å². The second-order valence-corrected chi connectivity index (χ2v) is 6.73. The van der Waals surface area contributed by atoms with E-state index >= 15 is 0 Å². The molecule has 0 unspecified atom stereocenters. The summed E-state index contributed by atoms with van der Waals surface area (Å²) in [5.41, 5.74) is 0.791. The van der Waals surface area contributed by atoms with Crippen molar-refractivity contribution >= 4 is 17.5 Å². The van der Waals surface area contributed by atoms with E-state index in [4.69, 9.17) is 0 Å². The molecule has 0 saturated carbocycles. The Labute approximate surface area is 157 Å². The lowest BCUT2D eigenvalue weighted by atomic mass is 10.0. The molecule has 1 aliphatic rings. The molecule has 1 heterocycles. The van der Waals surface area contributed by atoms with Crippen LogP contribution in [-0.4, -0.2) is 18.9 Å². The van der Waals surface area contributed by atoms with Crippen molar-refractivity contribution in [1.29, 1.82) is 0 Å². The molecule has 3 rings (SSSR count). The highest BCUT2D eigenvalue weighted by molar-refractivity contribution is 6.07. The third kappa shape index (κ3) is 5.00. The van der Waals surface area contributed by atoms with Gasteiger partial charge in [-0.1, -0.05) is 37.1 Å². The summed E-state index contributed by atoms with van der Waals surface area (Å²) in [6.45, 7) is 2.03. The molecule has 142 valence electrons. The number of allylic oxidation sites excluding steroid dienone is 1. The maximum atomic E-state index is 13.0. The van der Waals surface area contributed by atoms with Crippen LogP contribution in [0.25, 0.3) is 6.08 Å². The molecule has 0 bridgehead atoms. The molecule has 0 atom stereocenters. The molecule has 5 heteroatoms. The van der Waals surface area contributed by atoms with Gasteiger partial charge in [0.2, 0.25) is 0 Å². The minimum Gasteiger partial charge on any atom is -0.372 e. The van der Waals surface area contributed by atoms with Crippen molar-refractivity contribution in [3.63, 3.8) is 0 Å². The van der Waals surface area contributed by atoms with Gasteiger partial charge in [-0.15, -0.1) is 0 Å². The Morgan fingerprint density at radius 1 is 0.889 bits per heavy atom. The number of carbonyl (C=O) groups is 1. The van der Waals surface area contributed by atoms with E-state index in [0.29, 0.717) is 5.56 Å². The molecule has 2 aromatic rings. The van der Waals surface area contributed by atoms with Crippen LogP contribution in [0.3, 0.4) is 0 Å². The van der Waals surface area contributed by atoms with E-state index in [0.717, 1.165) is 24.8 Å². The summed E-state index contributed by atoms with van der Waals surface area (Å²) in [6.07, 6.45) is 2.82. The van der Waals surface area contributed by atoms with Gasteiger partial charge in [0, 0.05) is 24.3 Å². The van der Waals surface area contributed by atoms with E-state index < -0.39 is 11.7 Å². The highest BCUT2D eigenvalue weighted by Gasteiger charge is 2.32. The second-order valence-electron chi connectivity index (χ2n) is 6.73. The maximum absolute atomic E-state index is 13.0. The van der Waals surface area contributed by atoms with E-state index in [9.17, 15) is 18.0 Å². The molecule has 0 amide bonds. The standard InChI is InChI=1S/C22H22F3NO/c23-22(24,25)20-8-4-3-7-17(20)11-14-21(27)18-9-12-19(13-10-18)26-15-5-1-2-6-16-26/h3-4,7-14H,1-2,5-6,15-16H2/b14-11+. The first kappa shape index (κ1) is 19.2. The van der Waals surface area contributed by atoms with E-state index in [1.807, 2.05) is 12.1 Å². The van der Waals surface area contributed by atoms with Crippen LogP contribution in [0.4, 0.5) is 18.9 Å². The van der Waals surface area contributed by atoms with Gasteiger partial charge in [0.1, 0.15) is 0 Å². The number of nitrogens with zero attached hydrogens (tertiary/aromatic N) is 1. The van der Waals surface area contributed by atoms with Crippen molar-refractivity contribution in [2.24, 2.45) is 0 Å². The van der Waals surface area contributed by atoms with E-state index in [1.54, 1.807) is 12.1 Å². The average Bonchev–Trinajstić information content (AvgIpc) is 2.95. The normalized spacial score (nSPS) is 15.7. The Bertz CT molecular complexity index is 801. The van der Waals surface area contributed by atoms with Crippen LogP contribution in [0, 0.1) is 0 Å². The summed E-state index contributed by atoms with van der Waals surface area (Å²) in [6, 6.07) is 12.5.